The van der Waals surface area contributed by atoms with Crippen LogP contribution in [-0.4, -0.2) is 4.57 Å². The summed E-state index contributed by atoms with van der Waals surface area (Å²) < 4.78 is 4.46. The molecule has 0 N–H and O–H groups in total. The van der Waals surface area contributed by atoms with E-state index in [-0.39, 0.29) is 0 Å². The Morgan fingerprint density at radius 3 is 1.38 bits per heavy atom. The summed E-state index contributed by atoms with van der Waals surface area (Å²) >= 11 is 7.69. The fourth-order valence-corrected chi connectivity index (χ4v) is 9.18. The Bertz CT molecular complexity index is 3150. The second-order valence-corrected chi connectivity index (χ2v) is 16.2. The molecule has 58 heavy (non-hydrogen) atoms. The lowest BCUT2D eigenvalue weighted by Crippen LogP contribution is -2.13. The van der Waals surface area contributed by atoms with Crippen molar-refractivity contribution in [3.8, 4) is 27.9 Å². The van der Waals surface area contributed by atoms with Gasteiger partial charge in [-0.05, 0) is 87.3 Å². The predicted octanol–water partition coefficient (Wildman–Crippen LogP) is 16.5. The van der Waals surface area contributed by atoms with Crippen LogP contribution in [0.5, 0.6) is 0 Å². The number of nitrogens with zero attached hydrogens (tertiary/aromatic N) is 2. The van der Waals surface area contributed by atoms with Gasteiger partial charge in [0.2, 0.25) is 0 Å². The number of hydrogen-bond acceptors (Lipinski definition) is 1. The third-order valence-corrected chi connectivity index (χ3v) is 11.9. The van der Waals surface area contributed by atoms with E-state index in [1.54, 1.807) is 0 Å². The van der Waals surface area contributed by atoms with Gasteiger partial charge in [0.1, 0.15) is 0 Å². The molecule has 276 valence electrons. The van der Waals surface area contributed by atoms with Crippen molar-refractivity contribution in [3.05, 3.63) is 227 Å². The highest BCUT2D eigenvalue weighted by atomic mass is 79.9. The largest absolute Gasteiger partial charge is 0.309 e. The molecule has 10 aromatic rings. The summed E-state index contributed by atoms with van der Waals surface area (Å²) in [5.41, 5.74) is 11.0. The Kier molecular flexibility index (Phi) is 9.58. The first-order valence-corrected chi connectivity index (χ1v) is 21.0. The summed E-state index contributed by atoms with van der Waals surface area (Å²) in [6, 6.07) is 78.9. The van der Waals surface area contributed by atoms with Crippen LogP contribution in [0.1, 0.15) is 0 Å². The molecule has 0 aliphatic rings. The number of fused-ring (bicyclic) bond motifs is 7. The zero-order valence-electron chi connectivity index (χ0n) is 31.4. The van der Waals surface area contributed by atoms with Crippen molar-refractivity contribution < 1.29 is 0 Å². The second-order valence-electron chi connectivity index (χ2n) is 14.4. The summed E-state index contributed by atoms with van der Waals surface area (Å²) in [5, 5.41) is 7.07. The van der Waals surface area contributed by atoms with Crippen LogP contribution in [-0.2, 0) is 0 Å². The molecule has 0 saturated carbocycles. The zero-order valence-corrected chi connectivity index (χ0v) is 34.6. The first-order chi connectivity index (χ1) is 28.6. The molecule has 0 unspecified atom stereocenters. The van der Waals surface area contributed by atoms with E-state index in [9.17, 15) is 0 Å². The molecule has 4 heteroatoms. The van der Waals surface area contributed by atoms with Crippen molar-refractivity contribution in [1.82, 2.24) is 4.57 Å². The van der Waals surface area contributed by atoms with E-state index in [0.717, 1.165) is 75.8 Å². The Labute approximate surface area is 354 Å². The standard InChI is InChI=1S/C54H36Br2N2/c55-39-20-13-22-41(34-39)57(54-44(37-16-3-1-4-17-37)29-15-30-45(54)38-18-5-2-6-19-38)43-32-33-51-49-27-10-8-25-47(49)46-24-7-9-26-48(46)50-28-11-12-31-52(50)58(53(51)36-43)42-23-14-21-40(56)35-42/h1-36H. The van der Waals surface area contributed by atoms with Crippen molar-refractivity contribution in [3.63, 3.8) is 0 Å². The van der Waals surface area contributed by atoms with Crippen molar-refractivity contribution in [2.24, 2.45) is 0 Å². The Hall–Kier alpha value is -6.46. The molecule has 0 saturated heterocycles. The molecule has 0 bridgehead atoms. The highest BCUT2D eigenvalue weighted by molar-refractivity contribution is 9.10. The molecule has 1 aromatic heterocycles. The van der Waals surface area contributed by atoms with Crippen LogP contribution in [0.2, 0.25) is 0 Å². The molecule has 10 rings (SSSR count). The number of aromatic nitrogens is 1. The van der Waals surface area contributed by atoms with Gasteiger partial charge >= 0.3 is 0 Å². The van der Waals surface area contributed by atoms with Gasteiger partial charge in [0.25, 0.3) is 0 Å². The average molecular weight is 873 g/mol. The molecule has 0 aliphatic carbocycles. The number of hydrogen-bond donors (Lipinski definition) is 0. The molecule has 0 atom stereocenters. The molecule has 0 aliphatic heterocycles. The van der Waals surface area contributed by atoms with E-state index in [0.29, 0.717) is 0 Å². The zero-order chi connectivity index (χ0) is 39.0. The lowest BCUT2D eigenvalue weighted by molar-refractivity contribution is 1.16. The first-order valence-electron chi connectivity index (χ1n) is 19.4. The van der Waals surface area contributed by atoms with E-state index in [1.165, 1.54) is 21.5 Å². The van der Waals surface area contributed by atoms with Crippen molar-refractivity contribution in [1.29, 1.82) is 0 Å². The molecule has 0 amide bonds. The summed E-state index contributed by atoms with van der Waals surface area (Å²) in [5.74, 6) is 0. The third-order valence-electron chi connectivity index (χ3n) is 10.9. The fourth-order valence-electron chi connectivity index (χ4n) is 8.41. The van der Waals surface area contributed by atoms with Crippen molar-refractivity contribution >= 4 is 92.3 Å². The Morgan fingerprint density at radius 1 is 0.328 bits per heavy atom. The molecule has 9 aromatic carbocycles. The SMILES string of the molecule is Brc1cccc(N(c2ccc3c4ccccc4c4ccccc4c4ccccc4n(-c4cccc(Br)c4)c3c2)c2c(-c3ccccc3)cccc2-c2ccccc2)c1. The van der Waals surface area contributed by atoms with Crippen molar-refractivity contribution in [2.45, 2.75) is 0 Å². The lowest BCUT2D eigenvalue weighted by atomic mass is 9.94. The first kappa shape index (κ1) is 35.9. The quantitative estimate of drug-likeness (QED) is 0.162. The summed E-state index contributed by atoms with van der Waals surface area (Å²) in [6.45, 7) is 0. The molecule has 1 heterocycles. The van der Waals surface area contributed by atoms with Gasteiger partial charge in [-0.1, -0.05) is 196 Å². The average Bonchev–Trinajstić information content (AvgIpc) is 3.31. The van der Waals surface area contributed by atoms with Gasteiger partial charge in [0.15, 0.2) is 0 Å². The van der Waals surface area contributed by atoms with E-state index in [1.807, 2.05) is 0 Å². The van der Waals surface area contributed by atoms with Crippen LogP contribution >= 0.6 is 31.9 Å². The normalized spacial score (nSPS) is 11.3. The number of benzene rings is 9. The van der Waals surface area contributed by atoms with E-state index < -0.39 is 0 Å². The van der Waals surface area contributed by atoms with Gasteiger partial charge < -0.3 is 9.47 Å². The smallest absolute Gasteiger partial charge is 0.0618 e. The maximum Gasteiger partial charge on any atom is 0.0618 e. The minimum atomic E-state index is 1.01. The highest BCUT2D eigenvalue weighted by Crippen LogP contribution is 2.48. The Morgan fingerprint density at radius 2 is 0.793 bits per heavy atom. The highest BCUT2D eigenvalue weighted by Gasteiger charge is 2.23. The van der Waals surface area contributed by atoms with Crippen LogP contribution in [0, 0.1) is 0 Å². The fraction of sp³-hybridized carbons (Fsp3) is 0. The van der Waals surface area contributed by atoms with Crippen LogP contribution in [0.25, 0.3) is 71.3 Å². The molecule has 2 nitrogen and oxygen atoms in total. The van der Waals surface area contributed by atoms with Gasteiger partial charge in [-0.2, -0.15) is 0 Å². The Balaban J connectivity index is 1.42. The monoisotopic (exact) mass is 870 g/mol. The van der Waals surface area contributed by atoms with E-state index in [4.69, 9.17) is 0 Å². The molecule has 0 spiro atoms. The van der Waals surface area contributed by atoms with E-state index >= 15 is 0 Å². The van der Waals surface area contributed by atoms with E-state index in [2.05, 4.69) is 260 Å². The summed E-state index contributed by atoms with van der Waals surface area (Å²) in [7, 11) is 0. The lowest BCUT2D eigenvalue weighted by Gasteiger charge is -2.31. The van der Waals surface area contributed by atoms with Crippen molar-refractivity contribution in [2.75, 3.05) is 4.90 Å². The number of anilines is 3. The van der Waals surface area contributed by atoms with Gasteiger partial charge in [0.05, 0.1) is 16.7 Å². The third kappa shape index (κ3) is 6.55. The van der Waals surface area contributed by atoms with Gasteiger partial charge in [-0.15, -0.1) is 0 Å². The molecule has 0 fully saturated rings. The van der Waals surface area contributed by atoms with Crippen LogP contribution in [0.3, 0.4) is 0 Å². The number of rotatable bonds is 6. The van der Waals surface area contributed by atoms with Crippen LogP contribution in [0.4, 0.5) is 17.1 Å². The summed E-state index contributed by atoms with van der Waals surface area (Å²) in [4.78, 5) is 2.44. The van der Waals surface area contributed by atoms with Crippen LogP contribution < -0.4 is 4.90 Å². The maximum absolute atomic E-state index is 3.85. The number of halogens is 2. The van der Waals surface area contributed by atoms with Gasteiger partial charge in [-0.25, -0.2) is 0 Å². The maximum atomic E-state index is 3.85. The molecular weight excluding hydrogens is 836 g/mol. The second kappa shape index (κ2) is 15.5. The minimum absolute atomic E-state index is 1.01. The van der Waals surface area contributed by atoms with Crippen LogP contribution in [0.15, 0.2) is 227 Å². The molecular formula is C54H36Br2N2. The minimum Gasteiger partial charge on any atom is -0.309 e. The number of para-hydroxylation sites is 2. The summed E-state index contributed by atoms with van der Waals surface area (Å²) in [6.07, 6.45) is 0. The molecule has 0 radical (unpaired) electrons. The topological polar surface area (TPSA) is 8.17 Å². The van der Waals surface area contributed by atoms with Gasteiger partial charge in [0, 0.05) is 47.9 Å². The van der Waals surface area contributed by atoms with Gasteiger partial charge in [-0.3, -0.25) is 0 Å². The predicted molar refractivity (Wildman–Crippen MR) is 254 cm³/mol.